The lowest BCUT2D eigenvalue weighted by atomic mass is 10.1. The molecule has 8 heteroatoms. The summed E-state index contributed by atoms with van der Waals surface area (Å²) < 4.78 is 33.7. The molecule has 0 aliphatic rings. The third-order valence-electron chi connectivity index (χ3n) is 5.51. The smallest absolute Gasteiger partial charge is 0.355 e. The van der Waals surface area contributed by atoms with E-state index in [-0.39, 0.29) is 30.4 Å². The zero-order chi connectivity index (χ0) is 24.2. The Balaban J connectivity index is 2.02. The van der Waals surface area contributed by atoms with Crippen LogP contribution in [0.5, 0.6) is 0 Å². The second kappa shape index (κ2) is 10.1. The standard InChI is InChI=1S/C25H28N2O5S/c1-5-32-25(29)24-17(2)23(18(3)26-24)16-27(15-20-9-7-6-8-10-20)33(30,31)22-13-11-21(12-14-22)19(4)28/h6-14,26H,5,15-16H2,1-4H3. The summed E-state index contributed by atoms with van der Waals surface area (Å²) in [5.41, 5.74) is 3.69. The highest BCUT2D eigenvalue weighted by Gasteiger charge is 2.28. The molecule has 0 radical (unpaired) electrons. The molecule has 0 amide bonds. The van der Waals surface area contributed by atoms with Crippen LogP contribution in [-0.2, 0) is 27.8 Å². The Hall–Kier alpha value is -3.23. The molecule has 1 N–H and O–H groups in total. The number of benzene rings is 2. The molecule has 0 aliphatic heterocycles. The van der Waals surface area contributed by atoms with Gasteiger partial charge in [0.2, 0.25) is 10.0 Å². The fourth-order valence-corrected chi connectivity index (χ4v) is 5.03. The number of hydrogen-bond acceptors (Lipinski definition) is 5. The van der Waals surface area contributed by atoms with Gasteiger partial charge in [0, 0.05) is 24.3 Å². The van der Waals surface area contributed by atoms with E-state index < -0.39 is 16.0 Å². The van der Waals surface area contributed by atoms with Gasteiger partial charge in [-0.2, -0.15) is 4.31 Å². The number of aromatic nitrogens is 1. The molecule has 33 heavy (non-hydrogen) atoms. The number of nitrogens with zero attached hydrogens (tertiary/aromatic N) is 1. The lowest BCUT2D eigenvalue weighted by Gasteiger charge is -2.23. The normalized spacial score (nSPS) is 11.5. The van der Waals surface area contributed by atoms with Gasteiger partial charge in [-0.05, 0) is 56.5 Å². The number of rotatable bonds is 9. The number of nitrogens with one attached hydrogen (secondary N) is 1. The summed E-state index contributed by atoms with van der Waals surface area (Å²) in [6.07, 6.45) is 0. The average Bonchev–Trinajstić information content (AvgIpc) is 3.08. The fraction of sp³-hybridized carbons (Fsp3) is 0.280. The fourth-order valence-electron chi connectivity index (χ4n) is 3.63. The van der Waals surface area contributed by atoms with E-state index >= 15 is 0 Å². The van der Waals surface area contributed by atoms with Gasteiger partial charge in [-0.15, -0.1) is 0 Å². The number of sulfonamides is 1. The number of esters is 1. The Morgan fingerprint density at radius 3 is 2.18 bits per heavy atom. The summed E-state index contributed by atoms with van der Waals surface area (Å²) in [6.45, 7) is 7.21. The van der Waals surface area contributed by atoms with Crippen LogP contribution in [0, 0.1) is 13.8 Å². The molecule has 174 valence electrons. The molecule has 2 aromatic carbocycles. The van der Waals surface area contributed by atoms with Crippen LogP contribution in [0.15, 0.2) is 59.5 Å². The van der Waals surface area contributed by atoms with Crippen molar-refractivity contribution in [2.45, 2.75) is 45.7 Å². The van der Waals surface area contributed by atoms with Crippen LogP contribution in [0.2, 0.25) is 0 Å². The van der Waals surface area contributed by atoms with Gasteiger partial charge in [0.1, 0.15) is 5.69 Å². The zero-order valence-corrected chi connectivity index (χ0v) is 20.0. The van der Waals surface area contributed by atoms with Gasteiger partial charge < -0.3 is 9.72 Å². The lowest BCUT2D eigenvalue weighted by Crippen LogP contribution is -2.30. The first-order valence-electron chi connectivity index (χ1n) is 10.6. The number of carbonyl (C=O) groups excluding carboxylic acids is 2. The first kappa shape index (κ1) is 24.4. The number of aromatic amines is 1. The monoisotopic (exact) mass is 468 g/mol. The van der Waals surface area contributed by atoms with Crippen LogP contribution in [0.25, 0.3) is 0 Å². The molecular weight excluding hydrogens is 440 g/mol. The molecule has 3 aromatic rings. The van der Waals surface area contributed by atoms with Gasteiger partial charge >= 0.3 is 5.97 Å². The maximum absolute atomic E-state index is 13.6. The third-order valence-corrected chi connectivity index (χ3v) is 7.31. The summed E-state index contributed by atoms with van der Waals surface area (Å²) >= 11 is 0. The van der Waals surface area contributed by atoms with Crippen LogP contribution in [-0.4, -0.2) is 36.1 Å². The molecule has 3 rings (SSSR count). The van der Waals surface area contributed by atoms with Crippen molar-refractivity contribution in [1.29, 1.82) is 0 Å². The van der Waals surface area contributed by atoms with Crippen molar-refractivity contribution in [3.63, 3.8) is 0 Å². The van der Waals surface area contributed by atoms with E-state index in [2.05, 4.69) is 4.98 Å². The van der Waals surface area contributed by atoms with E-state index in [1.54, 1.807) is 20.8 Å². The average molecular weight is 469 g/mol. The highest BCUT2D eigenvalue weighted by atomic mass is 32.2. The summed E-state index contributed by atoms with van der Waals surface area (Å²) in [6, 6.07) is 15.2. The van der Waals surface area contributed by atoms with Crippen LogP contribution in [0.1, 0.15) is 57.1 Å². The van der Waals surface area contributed by atoms with Gasteiger partial charge in [0.25, 0.3) is 0 Å². The zero-order valence-electron chi connectivity index (χ0n) is 19.2. The van der Waals surface area contributed by atoms with Crippen LogP contribution in [0.4, 0.5) is 0 Å². The first-order valence-corrected chi connectivity index (χ1v) is 12.1. The minimum Gasteiger partial charge on any atom is -0.461 e. The molecule has 0 unspecified atom stereocenters. The second-order valence-corrected chi connectivity index (χ2v) is 9.73. The number of hydrogen-bond donors (Lipinski definition) is 1. The van der Waals surface area contributed by atoms with Crippen molar-refractivity contribution < 1.29 is 22.7 Å². The summed E-state index contributed by atoms with van der Waals surface area (Å²) in [4.78, 5) is 27.0. The van der Waals surface area contributed by atoms with Gasteiger partial charge in [0.15, 0.2) is 5.78 Å². The maximum Gasteiger partial charge on any atom is 0.355 e. The summed E-state index contributed by atoms with van der Waals surface area (Å²) in [5, 5.41) is 0. The number of ether oxygens (including phenoxy) is 1. The van der Waals surface area contributed by atoms with Crippen molar-refractivity contribution in [3.8, 4) is 0 Å². The van der Waals surface area contributed by atoms with Gasteiger partial charge in [0.05, 0.1) is 11.5 Å². The predicted molar refractivity (Wildman–Crippen MR) is 126 cm³/mol. The van der Waals surface area contributed by atoms with Crippen LogP contribution in [0.3, 0.4) is 0 Å². The largest absolute Gasteiger partial charge is 0.461 e. The number of Topliss-reactive ketones (excluding diaryl/α,β-unsaturated/α-hetero) is 1. The van der Waals surface area contributed by atoms with E-state index in [4.69, 9.17) is 4.74 Å². The highest BCUT2D eigenvalue weighted by Crippen LogP contribution is 2.26. The molecule has 0 aliphatic carbocycles. The Morgan fingerprint density at radius 2 is 1.61 bits per heavy atom. The SMILES string of the molecule is CCOC(=O)c1[nH]c(C)c(CN(Cc2ccccc2)S(=O)(=O)c2ccc(C(C)=O)cc2)c1C. The van der Waals surface area contributed by atoms with Crippen LogP contribution < -0.4 is 0 Å². The topological polar surface area (TPSA) is 96.5 Å². The quantitative estimate of drug-likeness (QED) is 0.371. The van der Waals surface area contributed by atoms with Gasteiger partial charge in [-0.3, -0.25) is 4.79 Å². The number of H-pyrrole nitrogens is 1. The molecule has 0 atom stereocenters. The van der Waals surface area contributed by atoms with Crippen LogP contribution >= 0.6 is 0 Å². The number of aryl methyl sites for hydroxylation is 1. The molecule has 0 saturated heterocycles. The molecule has 1 heterocycles. The minimum atomic E-state index is -3.90. The molecule has 0 spiro atoms. The van der Waals surface area contributed by atoms with E-state index in [1.807, 2.05) is 30.3 Å². The lowest BCUT2D eigenvalue weighted by molar-refractivity contribution is 0.0519. The molecule has 7 nitrogen and oxygen atoms in total. The highest BCUT2D eigenvalue weighted by molar-refractivity contribution is 7.89. The number of carbonyl (C=O) groups is 2. The van der Waals surface area contributed by atoms with E-state index in [1.165, 1.54) is 35.5 Å². The van der Waals surface area contributed by atoms with Gasteiger partial charge in [-0.25, -0.2) is 13.2 Å². The summed E-state index contributed by atoms with van der Waals surface area (Å²) in [5.74, 6) is -0.605. The van der Waals surface area contributed by atoms with E-state index in [0.717, 1.165) is 11.1 Å². The van der Waals surface area contributed by atoms with Crippen molar-refractivity contribution in [1.82, 2.24) is 9.29 Å². The van der Waals surface area contributed by atoms with Crippen molar-refractivity contribution in [2.75, 3.05) is 6.61 Å². The Labute approximate surface area is 194 Å². The van der Waals surface area contributed by atoms with Crippen molar-refractivity contribution in [3.05, 3.63) is 88.2 Å². The number of ketones is 1. The van der Waals surface area contributed by atoms with Gasteiger partial charge in [-0.1, -0.05) is 42.5 Å². The maximum atomic E-state index is 13.6. The summed E-state index contributed by atoms with van der Waals surface area (Å²) in [7, 11) is -3.90. The van der Waals surface area contributed by atoms with E-state index in [0.29, 0.717) is 22.5 Å². The Morgan fingerprint density at radius 1 is 0.970 bits per heavy atom. The predicted octanol–water partition coefficient (Wildman–Crippen LogP) is 4.40. The van der Waals surface area contributed by atoms with Crippen molar-refractivity contribution in [2.24, 2.45) is 0 Å². The Bertz CT molecular complexity index is 1250. The third kappa shape index (κ3) is 5.40. The molecule has 1 aromatic heterocycles. The molecule has 0 bridgehead atoms. The molecular formula is C25H28N2O5S. The minimum absolute atomic E-state index is 0.0687. The molecule has 0 saturated carbocycles. The molecule has 0 fully saturated rings. The first-order chi connectivity index (χ1) is 15.6. The van der Waals surface area contributed by atoms with Crippen molar-refractivity contribution >= 4 is 21.8 Å². The second-order valence-electron chi connectivity index (χ2n) is 7.79. The van der Waals surface area contributed by atoms with E-state index in [9.17, 15) is 18.0 Å². The Kier molecular flexibility index (Phi) is 7.50.